The van der Waals surface area contributed by atoms with Crippen LogP contribution in [0.3, 0.4) is 0 Å². The lowest BCUT2D eigenvalue weighted by atomic mass is 10.0. The normalized spacial score (nSPS) is 19.2. The van der Waals surface area contributed by atoms with Gasteiger partial charge in [0.1, 0.15) is 35.3 Å². The lowest BCUT2D eigenvalue weighted by molar-refractivity contribution is -0.199. The van der Waals surface area contributed by atoms with Crippen LogP contribution in [0.1, 0.15) is 5.82 Å². The fraction of sp³-hybridized carbons (Fsp3) is 0.250. The predicted octanol–water partition coefficient (Wildman–Crippen LogP) is 0.887. The maximum absolute atomic E-state index is 13.4. The highest BCUT2D eigenvalue weighted by Crippen LogP contribution is 2.40. The van der Waals surface area contributed by atoms with Crippen LogP contribution >= 0.6 is 23.3 Å². The summed E-state index contributed by atoms with van der Waals surface area (Å²) in [6.07, 6.45) is -5.42. The first kappa shape index (κ1) is 27.8. The number of hydrogen-bond acceptors (Lipinski definition) is 12. The van der Waals surface area contributed by atoms with Crippen LogP contribution in [-0.4, -0.2) is 78.8 Å². The first-order chi connectivity index (χ1) is 18.4. The molecule has 1 fully saturated rings. The Morgan fingerprint density at radius 3 is 2.67 bits per heavy atom. The Bertz CT molecular complexity index is 1410. The number of fused-ring (bicyclic) bond motifs is 1. The Morgan fingerprint density at radius 1 is 1.31 bits per heavy atom. The van der Waals surface area contributed by atoms with E-state index in [-0.39, 0.29) is 28.8 Å². The van der Waals surface area contributed by atoms with Gasteiger partial charge >= 0.3 is 18.1 Å². The number of thioether (sulfide) groups is 1. The second kappa shape index (κ2) is 10.8. The minimum Gasteiger partial charge on any atom is -0.489 e. The van der Waals surface area contributed by atoms with E-state index >= 15 is 0 Å². The Hall–Kier alpha value is -4.26. The second-order valence-corrected chi connectivity index (χ2v) is 9.53. The van der Waals surface area contributed by atoms with E-state index in [1.165, 1.54) is 18.2 Å². The number of ether oxygens (including phenoxy) is 1. The number of oxime groups is 1. The van der Waals surface area contributed by atoms with Crippen molar-refractivity contribution in [3.8, 4) is 5.75 Å². The number of carboxylic acids is 1. The fourth-order valence-electron chi connectivity index (χ4n) is 3.39. The number of nitrogens with two attached hydrogens (primary N) is 1. The van der Waals surface area contributed by atoms with E-state index in [9.17, 15) is 41.8 Å². The lowest BCUT2D eigenvalue weighted by Gasteiger charge is -2.49. The fourth-order valence-corrected chi connectivity index (χ4v) is 5.15. The summed E-state index contributed by atoms with van der Waals surface area (Å²) in [7, 11) is 0. The first-order valence-corrected chi connectivity index (χ1v) is 12.2. The molecule has 0 bridgehead atoms. The molecule has 1 unspecified atom stereocenters. The summed E-state index contributed by atoms with van der Waals surface area (Å²) in [5, 5.41) is 13.8. The SMILES string of the molecule is Nc1nc(C(=NOC(=O)C(F)(F)F)C(=O)NC2C(=O)N3C(C(=O)O)=C(COc4cccc(F)c4)CS[C@@H]23)ns1. The van der Waals surface area contributed by atoms with Crippen molar-refractivity contribution in [1.82, 2.24) is 19.6 Å². The average Bonchev–Trinajstić information content (AvgIpc) is 3.30. The summed E-state index contributed by atoms with van der Waals surface area (Å²) >= 11 is 1.62. The molecule has 0 saturated carbocycles. The van der Waals surface area contributed by atoms with E-state index in [4.69, 9.17) is 10.5 Å². The number of nitrogen functional groups attached to an aromatic ring is 1. The zero-order chi connectivity index (χ0) is 28.5. The van der Waals surface area contributed by atoms with Gasteiger partial charge in [-0.2, -0.15) is 22.5 Å². The van der Waals surface area contributed by atoms with Gasteiger partial charge in [0.05, 0.1) is 0 Å². The molecule has 2 atom stereocenters. The third kappa shape index (κ3) is 5.93. The van der Waals surface area contributed by atoms with E-state index in [1.54, 1.807) is 0 Å². The number of alkyl halides is 3. The number of aromatic nitrogens is 2. The van der Waals surface area contributed by atoms with Gasteiger partial charge in [0.15, 0.2) is 5.13 Å². The molecule has 1 aromatic heterocycles. The minimum atomic E-state index is -5.42. The Morgan fingerprint density at radius 2 is 2.05 bits per heavy atom. The van der Waals surface area contributed by atoms with Crippen molar-refractivity contribution in [3.05, 3.63) is 47.2 Å². The molecule has 206 valence electrons. The summed E-state index contributed by atoms with van der Waals surface area (Å²) < 4.78 is 60.0. The molecule has 19 heteroatoms. The number of amides is 2. The first-order valence-electron chi connectivity index (χ1n) is 10.4. The summed E-state index contributed by atoms with van der Waals surface area (Å²) in [6.45, 7) is -0.274. The van der Waals surface area contributed by atoms with Crippen molar-refractivity contribution in [3.63, 3.8) is 0 Å². The summed E-state index contributed by atoms with van der Waals surface area (Å²) in [5.41, 5.74) is 4.26. The number of hydrogen-bond donors (Lipinski definition) is 3. The molecule has 4 N–H and O–H groups in total. The Kier molecular flexibility index (Phi) is 7.72. The molecule has 4 rings (SSSR count). The van der Waals surface area contributed by atoms with Crippen LogP contribution in [0.2, 0.25) is 0 Å². The summed E-state index contributed by atoms with van der Waals surface area (Å²) in [5.74, 6) is -7.30. The maximum Gasteiger partial charge on any atom is 0.493 e. The van der Waals surface area contributed by atoms with E-state index in [2.05, 4.69) is 24.7 Å². The van der Waals surface area contributed by atoms with E-state index in [1.807, 2.05) is 0 Å². The van der Waals surface area contributed by atoms with Gasteiger partial charge in [0, 0.05) is 28.9 Å². The van der Waals surface area contributed by atoms with Gasteiger partial charge in [-0.25, -0.2) is 14.0 Å². The number of carbonyl (C=O) groups is 4. The zero-order valence-corrected chi connectivity index (χ0v) is 20.6. The molecule has 1 aromatic carbocycles. The van der Waals surface area contributed by atoms with Crippen LogP contribution in [0.25, 0.3) is 0 Å². The van der Waals surface area contributed by atoms with Crippen molar-refractivity contribution < 1.29 is 51.4 Å². The highest BCUT2D eigenvalue weighted by atomic mass is 32.2. The smallest absolute Gasteiger partial charge is 0.489 e. The lowest BCUT2D eigenvalue weighted by Crippen LogP contribution is -2.71. The number of aliphatic carboxylic acids is 1. The number of nitrogens with zero attached hydrogens (tertiary/aromatic N) is 4. The minimum absolute atomic E-state index is 0.0477. The van der Waals surface area contributed by atoms with Crippen LogP contribution < -0.4 is 15.8 Å². The van der Waals surface area contributed by atoms with Crippen LogP contribution in [0.5, 0.6) is 5.75 Å². The van der Waals surface area contributed by atoms with Gasteiger partial charge in [0.25, 0.3) is 11.8 Å². The standard InChI is InChI=1S/C20H14F4N6O7S2/c21-8-2-1-3-9(4-8)36-5-7-6-38-16-11(15(32)30(16)12(7)17(33)34)26-14(31)10(13-27-19(25)39-29-13)28-37-18(35)20(22,23)24/h1-4,11,16H,5-6H2,(H,26,31)(H,33,34)(H2,25,27,29)/t11?,16-/m0/s1. The molecule has 1 saturated heterocycles. The van der Waals surface area contributed by atoms with Crippen molar-refractivity contribution in [1.29, 1.82) is 0 Å². The molecular formula is C20H14F4N6O7S2. The predicted molar refractivity (Wildman–Crippen MR) is 125 cm³/mol. The van der Waals surface area contributed by atoms with Crippen LogP contribution in [0.4, 0.5) is 22.7 Å². The molecule has 2 aliphatic heterocycles. The molecule has 39 heavy (non-hydrogen) atoms. The average molecular weight is 590 g/mol. The van der Waals surface area contributed by atoms with Gasteiger partial charge in [-0.15, -0.1) is 11.8 Å². The number of anilines is 1. The van der Waals surface area contributed by atoms with Gasteiger partial charge in [-0.3, -0.25) is 14.5 Å². The summed E-state index contributed by atoms with van der Waals surface area (Å²) in [6, 6.07) is 3.81. The van der Waals surface area contributed by atoms with Crippen molar-refractivity contribution >= 4 is 57.9 Å². The molecule has 0 aliphatic carbocycles. The van der Waals surface area contributed by atoms with Gasteiger partial charge in [-0.1, -0.05) is 11.2 Å². The Labute approximate surface area is 222 Å². The third-order valence-electron chi connectivity index (χ3n) is 5.07. The Balaban J connectivity index is 1.51. The molecule has 2 aliphatic rings. The highest BCUT2D eigenvalue weighted by Gasteiger charge is 2.54. The number of nitrogens with one attached hydrogen (secondary N) is 1. The largest absolute Gasteiger partial charge is 0.493 e. The van der Waals surface area contributed by atoms with Gasteiger partial charge in [-0.05, 0) is 12.1 Å². The number of β-lactam (4-membered cyclic amide) rings is 1. The van der Waals surface area contributed by atoms with E-state index in [0.29, 0.717) is 11.5 Å². The molecule has 3 heterocycles. The van der Waals surface area contributed by atoms with Crippen molar-refractivity contribution in [2.45, 2.75) is 17.6 Å². The van der Waals surface area contributed by atoms with Gasteiger partial charge in [0.2, 0.25) is 11.5 Å². The van der Waals surface area contributed by atoms with Crippen LogP contribution in [0.15, 0.2) is 40.7 Å². The molecule has 2 aromatic rings. The highest BCUT2D eigenvalue weighted by molar-refractivity contribution is 8.00. The molecule has 0 spiro atoms. The number of benzene rings is 1. The topological polar surface area (TPSA) is 186 Å². The number of carboxylic acid groups (broad SMARTS) is 1. The van der Waals surface area contributed by atoms with Crippen molar-refractivity contribution in [2.75, 3.05) is 18.1 Å². The van der Waals surface area contributed by atoms with Crippen molar-refractivity contribution in [2.24, 2.45) is 5.16 Å². The molecular weight excluding hydrogens is 576 g/mol. The monoisotopic (exact) mass is 590 g/mol. The van der Waals surface area contributed by atoms with Gasteiger partial charge < -0.3 is 25.7 Å². The van der Waals surface area contributed by atoms with E-state index < -0.39 is 64.4 Å². The quantitative estimate of drug-likeness (QED) is 0.130. The molecule has 0 radical (unpaired) electrons. The second-order valence-electron chi connectivity index (χ2n) is 7.64. The zero-order valence-electron chi connectivity index (χ0n) is 19.0. The molecule has 2 amide bonds. The van der Waals surface area contributed by atoms with Crippen LogP contribution in [0, 0.1) is 5.82 Å². The third-order valence-corrected chi connectivity index (χ3v) is 6.95. The number of halogens is 4. The number of rotatable bonds is 8. The molecule has 13 nitrogen and oxygen atoms in total. The number of carbonyl (C=O) groups excluding carboxylic acids is 3. The van der Waals surface area contributed by atoms with E-state index in [0.717, 1.165) is 22.7 Å². The maximum atomic E-state index is 13.4. The van der Waals surface area contributed by atoms with Crippen LogP contribution in [-0.2, 0) is 24.0 Å². The summed E-state index contributed by atoms with van der Waals surface area (Å²) in [4.78, 5) is 57.0.